The zero-order chi connectivity index (χ0) is 19.2. The molecule has 0 aliphatic heterocycles. The molecule has 0 saturated carbocycles. The summed E-state index contributed by atoms with van der Waals surface area (Å²) in [6.45, 7) is -1.38. The van der Waals surface area contributed by atoms with Crippen LogP contribution in [0.4, 0.5) is 26.3 Å². The zero-order valence-corrected chi connectivity index (χ0v) is 13.3. The van der Waals surface area contributed by atoms with Crippen molar-refractivity contribution in [3.8, 4) is 0 Å². The van der Waals surface area contributed by atoms with Crippen molar-refractivity contribution in [2.75, 3.05) is 13.1 Å². The Hall–Kier alpha value is -1.08. The van der Waals surface area contributed by atoms with Gasteiger partial charge in [0.1, 0.15) is 0 Å². The van der Waals surface area contributed by atoms with E-state index in [1.165, 1.54) is 24.3 Å². The Morgan fingerprint density at radius 3 is 1.75 bits per heavy atom. The van der Waals surface area contributed by atoms with Crippen molar-refractivity contribution < 1.29 is 39.3 Å². The molecule has 0 spiro atoms. The van der Waals surface area contributed by atoms with Gasteiger partial charge in [-0.25, -0.2) is 0 Å². The topological polar surface area (TPSA) is 83.6 Å². The summed E-state index contributed by atoms with van der Waals surface area (Å²) < 4.78 is 99.6. The Balaban J connectivity index is 0.000000446. The minimum absolute atomic E-state index is 0.151. The predicted octanol–water partition coefficient (Wildman–Crippen LogP) is 3.26. The molecule has 0 heterocycles. The van der Waals surface area contributed by atoms with Gasteiger partial charge in [0.05, 0.1) is 4.90 Å². The third-order valence-corrected chi connectivity index (χ3v) is 3.43. The van der Waals surface area contributed by atoms with E-state index in [0.717, 1.165) is 0 Å². The van der Waals surface area contributed by atoms with Crippen molar-refractivity contribution in [1.29, 1.82) is 0 Å². The summed E-state index contributed by atoms with van der Waals surface area (Å²) in [5, 5.41) is 0.428. The fourth-order valence-electron chi connectivity index (χ4n) is 1.25. The molecular weight excluding hydrogens is 390 g/mol. The van der Waals surface area contributed by atoms with Crippen molar-refractivity contribution in [2.24, 2.45) is 5.73 Å². The first-order valence-corrected chi connectivity index (χ1v) is 7.85. The number of nitrogens with two attached hydrogens (primary N) is 1. The van der Waals surface area contributed by atoms with E-state index < -0.39 is 34.2 Å². The van der Waals surface area contributed by atoms with Gasteiger partial charge in [-0.2, -0.15) is 34.8 Å². The van der Waals surface area contributed by atoms with Crippen LogP contribution in [0.1, 0.15) is 6.42 Å². The summed E-state index contributed by atoms with van der Waals surface area (Å²) in [5.41, 5.74) is 4.80. The van der Waals surface area contributed by atoms with Crippen molar-refractivity contribution in [3.05, 3.63) is 29.3 Å². The molecule has 0 aliphatic carbocycles. The lowest BCUT2D eigenvalue weighted by atomic mass is 10.4. The Labute approximate surface area is 138 Å². The molecule has 0 bridgehead atoms. The molecule has 5 nitrogen and oxygen atoms in total. The minimum atomic E-state index is -5.40. The van der Waals surface area contributed by atoms with Crippen molar-refractivity contribution in [1.82, 2.24) is 4.90 Å². The Morgan fingerprint density at radius 2 is 1.46 bits per heavy atom. The van der Waals surface area contributed by atoms with Crippen LogP contribution in [0, 0.1) is 0 Å². The van der Waals surface area contributed by atoms with Gasteiger partial charge in [0.15, 0.2) is 0 Å². The lowest BCUT2D eigenvalue weighted by molar-refractivity contribution is -0.372. The maximum Gasteiger partial charge on any atom is 0.467 e. The van der Waals surface area contributed by atoms with E-state index in [1.54, 1.807) is 0 Å². The number of hydrogen-bond donors (Lipinski definition) is 2. The third-order valence-electron chi connectivity index (χ3n) is 2.31. The molecule has 3 N–H and O–H groups in total. The van der Waals surface area contributed by atoms with Crippen LogP contribution in [0.15, 0.2) is 29.2 Å². The minimum Gasteiger partial charge on any atom is -0.330 e. The van der Waals surface area contributed by atoms with Gasteiger partial charge in [-0.05, 0) is 37.2 Å². The Morgan fingerprint density at radius 1 is 1.04 bits per heavy atom. The third kappa shape index (κ3) is 8.68. The second-order valence-electron chi connectivity index (χ2n) is 4.16. The van der Waals surface area contributed by atoms with Crippen LogP contribution in [0.3, 0.4) is 0 Å². The summed E-state index contributed by atoms with van der Waals surface area (Å²) in [6, 6.07) is 5.25. The molecule has 0 atom stereocenters. The number of nitrogens with zero attached hydrogens (tertiary/aromatic N) is 1. The average molecular weight is 403 g/mol. The first kappa shape index (κ1) is 22.9. The van der Waals surface area contributed by atoms with E-state index in [0.29, 0.717) is 5.02 Å². The van der Waals surface area contributed by atoms with E-state index in [-0.39, 0.29) is 17.9 Å². The highest BCUT2D eigenvalue weighted by Crippen LogP contribution is 2.33. The SMILES string of the molecule is NCCCN(C(F)(F)F)C(F)(F)F.O=S(=O)(O)c1ccc(Cl)cc1. The van der Waals surface area contributed by atoms with Crippen LogP contribution < -0.4 is 5.73 Å². The molecule has 0 unspecified atom stereocenters. The highest BCUT2D eigenvalue weighted by molar-refractivity contribution is 7.85. The molecule has 1 rings (SSSR count). The van der Waals surface area contributed by atoms with Gasteiger partial charge in [0.2, 0.25) is 0 Å². The Bertz CT molecular complexity index is 590. The molecule has 24 heavy (non-hydrogen) atoms. The molecule has 1 aromatic rings. The van der Waals surface area contributed by atoms with Crippen LogP contribution in [-0.4, -0.2) is 43.6 Å². The molecular formula is C11H13ClF6N2O3S. The van der Waals surface area contributed by atoms with E-state index in [1.807, 2.05) is 0 Å². The average Bonchev–Trinajstić information content (AvgIpc) is 2.36. The second-order valence-corrected chi connectivity index (χ2v) is 6.02. The second kappa shape index (κ2) is 8.85. The molecule has 0 aromatic heterocycles. The van der Waals surface area contributed by atoms with Crippen LogP contribution in [0.2, 0.25) is 5.02 Å². The molecule has 0 fully saturated rings. The first-order valence-electron chi connectivity index (χ1n) is 6.04. The van der Waals surface area contributed by atoms with Crippen molar-refractivity contribution in [3.63, 3.8) is 0 Å². The first-order chi connectivity index (χ1) is 10.7. The van der Waals surface area contributed by atoms with Crippen LogP contribution >= 0.6 is 11.6 Å². The summed E-state index contributed by atoms with van der Waals surface area (Å²) >= 11 is 5.49. The number of benzene rings is 1. The lowest BCUT2D eigenvalue weighted by Gasteiger charge is -2.26. The van der Waals surface area contributed by atoms with Gasteiger partial charge in [0.25, 0.3) is 10.1 Å². The monoisotopic (exact) mass is 402 g/mol. The van der Waals surface area contributed by atoms with Crippen molar-refractivity contribution in [2.45, 2.75) is 23.9 Å². The quantitative estimate of drug-likeness (QED) is 0.459. The molecule has 13 heteroatoms. The zero-order valence-electron chi connectivity index (χ0n) is 11.8. The smallest absolute Gasteiger partial charge is 0.330 e. The standard InChI is InChI=1S/C6H5ClO3S.C5H8F6N2/c7-5-1-3-6(4-2-5)11(8,9)10;6-4(7,8)13(3-1-2-12)5(9,10)11/h1-4H,(H,8,9,10);1-3,12H2. The van der Waals surface area contributed by atoms with Crippen LogP contribution in [0.5, 0.6) is 0 Å². The van der Waals surface area contributed by atoms with Gasteiger partial charge < -0.3 is 5.73 Å². The van der Waals surface area contributed by atoms with Gasteiger partial charge in [-0.1, -0.05) is 11.6 Å². The van der Waals surface area contributed by atoms with E-state index in [2.05, 4.69) is 0 Å². The van der Waals surface area contributed by atoms with Crippen molar-refractivity contribution >= 4 is 21.7 Å². The lowest BCUT2D eigenvalue weighted by Crippen LogP contribution is -2.48. The summed E-state index contributed by atoms with van der Waals surface area (Å²) in [7, 11) is -4.08. The van der Waals surface area contributed by atoms with E-state index in [9.17, 15) is 34.8 Å². The molecule has 0 radical (unpaired) electrons. The number of rotatable bonds is 4. The fourth-order valence-corrected chi connectivity index (χ4v) is 1.86. The van der Waals surface area contributed by atoms with Gasteiger partial charge in [-0.15, -0.1) is 4.90 Å². The van der Waals surface area contributed by atoms with E-state index in [4.69, 9.17) is 21.9 Å². The predicted molar refractivity (Wildman–Crippen MR) is 73.8 cm³/mol. The highest BCUT2D eigenvalue weighted by atomic mass is 35.5. The summed E-state index contributed by atoms with van der Waals surface area (Å²) in [5.74, 6) is 0. The molecule has 0 saturated heterocycles. The van der Waals surface area contributed by atoms with E-state index >= 15 is 0 Å². The van der Waals surface area contributed by atoms with Gasteiger partial charge >= 0.3 is 12.6 Å². The molecule has 0 aliphatic rings. The van der Waals surface area contributed by atoms with Gasteiger partial charge in [0, 0.05) is 11.6 Å². The summed E-state index contributed by atoms with van der Waals surface area (Å²) in [6.07, 6.45) is -11.2. The molecule has 140 valence electrons. The Kier molecular flexibility index (Phi) is 8.45. The van der Waals surface area contributed by atoms with Crippen LogP contribution in [0.25, 0.3) is 0 Å². The molecule has 1 aromatic carbocycles. The maximum absolute atomic E-state index is 11.7. The number of alkyl halides is 6. The van der Waals surface area contributed by atoms with Crippen LogP contribution in [-0.2, 0) is 10.1 Å². The maximum atomic E-state index is 11.7. The number of hydrogen-bond acceptors (Lipinski definition) is 4. The highest BCUT2D eigenvalue weighted by Gasteiger charge is 2.53. The number of halogens is 7. The largest absolute Gasteiger partial charge is 0.467 e. The normalized spacial score (nSPS) is 12.8. The summed E-state index contributed by atoms with van der Waals surface area (Å²) in [4.78, 5) is -1.64. The molecule has 0 amide bonds. The van der Waals surface area contributed by atoms with Gasteiger partial charge in [-0.3, -0.25) is 4.55 Å². The fraction of sp³-hybridized carbons (Fsp3) is 0.455.